The number of carbonyl (C=O) groups is 1. The first-order valence-corrected chi connectivity index (χ1v) is 7.26. The van der Waals surface area contributed by atoms with Crippen LogP contribution < -0.4 is 9.47 Å². The van der Waals surface area contributed by atoms with Gasteiger partial charge in [-0.25, -0.2) is 4.79 Å². The third-order valence-corrected chi connectivity index (χ3v) is 3.01. The molecule has 0 heterocycles. The summed E-state index contributed by atoms with van der Waals surface area (Å²) in [6, 6.07) is 14.2. The Morgan fingerprint density at radius 2 is 1.59 bits per heavy atom. The molecule has 0 saturated heterocycles. The van der Waals surface area contributed by atoms with E-state index in [-0.39, 0.29) is 5.97 Å². The average Bonchev–Trinajstić information content (AvgIpc) is 2.55. The lowest BCUT2D eigenvalue weighted by Gasteiger charge is -2.07. The molecule has 4 heteroatoms. The van der Waals surface area contributed by atoms with Crippen molar-refractivity contribution >= 4 is 5.97 Å². The largest absolute Gasteiger partial charge is 0.494 e. The monoisotopic (exact) mass is 300 g/mol. The topological polar surface area (TPSA) is 44.8 Å². The summed E-state index contributed by atoms with van der Waals surface area (Å²) in [6.07, 6.45) is 0.954. The van der Waals surface area contributed by atoms with Crippen LogP contribution in [0.4, 0.5) is 0 Å². The lowest BCUT2D eigenvalue weighted by Crippen LogP contribution is -2.08. The SMILES string of the molecule is CCCOc1ccc(OC(=O)c2ccc(COC)cc2)cc1. The molecule has 0 aromatic heterocycles. The molecule has 0 saturated carbocycles. The Balaban J connectivity index is 1.96. The van der Waals surface area contributed by atoms with Crippen LogP contribution in [0.3, 0.4) is 0 Å². The van der Waals surface area contributed by atoms with E-state index in [1.807, 2.05) is 19.1 Å². The second-order valence-electron chi connectivity index (χ2n) is 4.84. The van der Waals surface area contributed by atoms with Crippen LogP contribution in [0.5, 0.6) is 11.5 Å². The molecule has 0 unspecified atom stereocenters. The smallest absolute Gasteiger partial charge is 0.343 e. The van der Waals surface area contributed by atoms with E-state index in [2.05, 4.69) is 0 Å². The van der Waals surface area contributed by atoms with Gasteiger partial charge >= 0.3 is 5.97 Å². The maximum atomic E-state index is 12.1. The summed E-state index contributed by atoms with van der Waals surface area (Å²) in [7, 11) is 1.63. The molecule has 0 N–H and O–H groups in total. The fourth-order valence-corrected chi connectivity index (χ4v) is 1.89. The highest BCUT2D eigenvalue weighted by molar-refractivity contribution is 5.91. The van der Waals surface area contributed by atoms with Crippen LogP contribution in [-0.2, 0) is 11.3 Å². The second kappa shape index (κ2) is 8.20. The Kier molecular flexibility index (Phi) is 5.98. The van der Waals surface area contributed by atoms with Crippen molar-refractivity contribution in [3.63, 3.8) is 0 Å². The lowest BCUT2D eigenvalue weighted by atomic mass is 10.1. The minimum absolute atomic E-state index is 0.383. The molecule has 0 aliphatic rings. The van der Waals surface area contributed by atoms with E-state index in [4.69, 9.17) is 14.2 Å². The molecule has 116 valence electrons. The third kappa shape index (κ3) is 4.60. The van der Waals surface area contributed by atoms with Crippen LogP contribution in [0.15, 0.2) is 48.5 Å². The predicted octanol–water partition coefficient (Wildman–Crippen LogP) is 3.84. The molecule has 2 aromatic carbocycles. The third-order valence-electron chi connectivity index (χ3n) is 3.01. The van der Waals surface area contributed by atoms with Gasteiger partial charge in [0.1, 0.15) is 11.5 Å². The number of benzene rings is 2. The number of rotatable bonds is 7. The minimum atomic E-state index is -0.383. The van der Waals surface area contributed by atoms with Crippen molar-refractivity contribution in [1.82, 2.24) is 0 Å². The number of ether oxygens (including phenoxy) is 3. The van der Waals surface area contributed by atoms with Gasteiger partial charge in [-0.3, -0.25) is 0 Å². The van der Waals surface area contributed by atoms with Crippen molar-refractivity contribution < 1.29 is 19.0 Å². The van der Waals surface area contributed by atoms with Gasteiger partial charge in [0, 0.05) is 7.11 Å². The highest BCUT2D eigenvalue weighted by Crippen LogP contribution is 2.19. The molecule has 0 aliphatic heterocycles. The van der Waals surface area contributed by atoms with E-state index in [0.717, 1.165) is 17.7 Å². The van der Waals surface area contributed by atoms with Gasteiger partial charge in [-0.2, -0.15) is 0 Å². The van der Waals surface area contributed by atoms with Crippen molar-refractivity contribution in [1.29, 1.82) is 0 Å². The molecule has 0 spiro atoms. The molecule has 0 bridgehead atoms. The van der Waals surface area contributed by atoms with Gasteiger partial charge in [0.25, 0.3) is 0 Å². The summed E-state index contributed by atoms with van der Waals surface area (Å²) in [6.45, 7) is 3.25. The van der Waals surface area contributed by atoms with E-state index in [0.29, 0.717) is 24.5 Å². The molecule has 0 radical (unpaired) electrons. The Morgan fingerprint density at radius 3 is 2.18 bits per heavy atom. The summed E-state index contributed by atoms with van der Waals surface area (Å²) in [5.41, 5.74) is 1.52. The van der Waals surface area contributed by atoms with Gasteiger partial charge in [-0.05, 0) is 48.4 Å². The lowest BCUT2D eigenvalue weighted by molar-refractivity contribution is 0.0734. The van der Waals surface area contributed by atoms with Gasteiger partial charge in [0.2, 0.25) is 0 Å². The summed E-state index contributed by atoms with van der Waals surface area (Å²) in [5.74, 6) is 0.881. The van der Waals surface area contributed by atoms with Gasteiger partial charge in [-0.1, -0.05) is 19.1 Å². The number of esters is 1. The molecule has 0 atom stereocenters. The van der Waals surface area contributed by atoms with E-state index in [1.54, 1.807) is 43.5 Å². The summed E-state index contributed by atoms with van der Waals surface area (Å²) in [4.78, 5) is 12.1. The fourth-order valence-electron chi connectivity index (χ4n) is 1.89. The van der Waals surface area contributed by atoms with Gasteiger partial charge in [-0.15, -0.1) is 0 Å². The van der Waals surface area contributed by atoms with Crippen molar-refractivity contribution in [2.45, 2.75) is 20.0 Å². The zero-order chi connectivity index (χ0) is 15.8. The first-order chi connectivity index (χ1) is 10.7. The van der Waals surface area contributed by atoms with Gasteiger partial charge in [0.15, 0.2) is 0 Å². The zero-order valence-corrected chi connectivity index (χ0v) is 12.9. The van der Waals surface area contributed by atoms with E-state index < -0.39 is 0 Å². The molecule has 2 rings (SSSR count). The molecule has 2 aromatic rings. The van der Waals surface area contributed by atoms with Crippen LogP contribution >= 0.6 is 0 Å². The standard InChI is InChI=1S/C18H20O4/c1-3-12-21-16-8-10-17(11-9-16)22-18(19)15-6-4-14(5-7-15)13-20-2/h4-11H,3,12-13H2,1-2H3. The van der Waals surface area contributed by atoms with E-state index in [1.165, 1.54) is 0 Å². The predicted molar refractivity (Wildman–Crippen MR) is 84.3 cm³/mol. The van der Waals surface area contributed by atoms with E-state index >= 15 is 0 Å². The van der Waals surface area contributed by atoms with Gasteiger partial charge in [0.05, 0.1) is 18.8 Å². The molecular weight excluding hydrogens is 280 g/mol. The highest BCUT2D eigenvalue weighted by Gasteiger charge is 2.08. The van der Waals surface area contributed by atoms with Crippen LogP contribution in [0.25, 0.3) is 0 Å². The van der Waals surface area contributed by atoms with Crippen LogP contribution in [-0.4, -0.2) is 19.7 Å². The minimum Gasteiger partial charge on any atom is -0.494 e. The van der Waals surface area contributed by atoms with Crippen LogP contribution in [0.2, 0.25) is 0 Å². The quantitative estimate of drug-likeness (QED) is 0.575. The molecular formula is C18H20O4. The van der Waals surface area contributed by atoms with Crippen molar-refractivity contribution in [3.8, 4) is 11.5 Å². The summed E-state index contributed by atoms with van der Waals surface area (Å²) in [5, 5.41) is 0. The van der Waals surface area contributed by atoms with Crippen LogP contribution in [0, 0.1) is 0 Å². The number of methoxy groups -OCH3 is 1. The summed E-state index contributed by atoms with van der Waals surface area (Å²) >= 11 is 0. The molecule has 0 amide bonds. The highest BCUT2D eigenvalue weighted by atomic mass is 16.5. The Labute approximate surface area is 130 Å². The maximum Gasteiger partial charge on any atom is 0.343 e. The van der Waals surface area contributed by atoms with Gasteiger partial charge < -0.3 is 14.2 Å². The second-order valence-corrected chi connectivity index (χ2v) is 4.84. The summed E-state index contributed by atoms with van der Waals surface area (Å²) < 4.78 is 15.9. The van der Waals surface area contributed by atoms with E-state index in [9.17, 15) is 4.79 Å². The van der Waals surface area contributed by atoms with Crippen LogP contribution in [0.1, 0.15) is 29.3 Å². The number of hydrogen-bond acceptors (Lipinski definition) is 4. The first-order valence-electron chi connectivity index (χ1n) is 7.26. The fraction of sp³-hybridized carbons (Fsp3) is 0.278. The first kappa shape index (κ1) is 16.0. The number of carbonyl (C=O) groups excluding carboxylic acids is 1. The van der Waals surface area contributed by atoms with Crippen molar-refractivity contribution in [3.05, 3.63) is 59.7 Å². The Morgan fingerprint density at radius 1 is 0.955 bits per heavy atom. The molecule has 0 fully saturated rings. The van der Waals surface area contributed by atoms with Crippen molar-refractivity contribution in [2.24, 2.45) is 0 Å². The average molecular weight is 300 g/mol. The Hall–Kier alpha value is -2.33. The molecule has 22 heavy (non-hydrogen) atoms. The maximum absolute atomic E-state index is 12.1. The van der Waals surface area contributed by atoms with Crippen molar-refractivity contribution in [2.75, 3.05) is 13.7 Å². The molecule has 4 nitrogen and oxygen atoms in total. The molecule has 0 aliphatic carbocycles. The Bertz CT molecular complexity index is 587. The zero-order valence-electron chi connectivity index (χ0n) is 12.9. The normalized spacial score (nSPS) is 10.3. The number of hydrogen-bond donors (Lipinski definition) is 0.